The SMILES string of the molecule is COc1ccc(C2=NN3[C@@H](c4cc(Cl)cc(Cl)c4O)Oc4ccc(Cl)cc4[C@@H]3C2)cc1. The Morgan fingerprint density at radius 3 is 2.48 bits per heavy atom. The summed E-state index contributed by atoms with van der Waals surface area (Å²) < 4.78 is 11.5. The third kappa shape index (κ3) is 3.57. The van der Waals surface area contributed by atoms with Crippen LogP contribution in [0.4, 0.5) is 0 Å². The van der Waals surface area contributed by atoms with Crippen molar-refractivity contribution in [2.24, 2.45) is 5.10 Å². The molecule has 0 radical (unpaired) electrons. The Morgan fingerprint density at radius 1 is 1.00 bits per heavy atom. The predicted molar refractivity (Wildman–Crippen MR) is 122 cm³/mol. The minimum atomic E-state index is -0.703. The van der Waals surface area contributed by atoms with Gasteiger partial charge in [-0.05, 0) is 60.2 Å². The second kappa shape index (κ2) is 7.83. The third-order valence-corrected chi connectivity index (χ3v) is 6.24. The summed E-state index contributed by atoms with van der Waals surface area (Å²) in [5.41, 5.74) is 3.25. The predicted octanol–water partition coefficient (Wildman–Crippen LogP) is 6.60. The highest BCUT2D eigenvalue weighted by molar-refractivity contribution is 6.35. The Morgan fingerprint density at radius 2 is 1.74 bits per heavy atom. The molecule has 0 fully saturated rings. The summed E-state index contributed by atoms with van der Waals surface area (Å²) in [7, 11) is 1.63. The molecule has 5 rings (SSSR count). The van der Waals surface area contributed by atoms with Crippen LogP contribution in [0.25, 0.3) is 0 Å². The van der Waals surface area contributed by atoms with Gasteiger partial charge in [0.15, 0.2) is 0 Å². The highest BCUT2D eigenvalue weighted by Gasteiger charge is 2.42. The van der Waals surface area contributed by atoms with Gasteiger partial charge < -0.3 is 14.6 Å². The quantitative estimate of drug-likeness (QED) is 0.463. The number of hydrazone groups is 1. The van der Waals surface area contributed by atoms with E-state index in [9.17, 15) is 5.11 Å². The van der Waals surface area contributed by atoms with Gasteiger partial charge in [-0.1, -0.05) is 34.8 Å². The molecule has 0 spiro atoms. The third-order valence-electron chi connectivity index (χ3n) is 5.50. The topological polar surface area (TPSA) is 54.3 Å². The molecular weight excluding hydrogens is 459 g/mol. The van der Waals surface area contributed by atoms with Crippen LogP contribution < -0.4 is 9.47 Å². The van der Waals surface area contributed by atoms with Gasteiger partial charge in [-0.15, -0.1) is 0 Å². The van der Waals surface area contributed by atoms with Gasteiger partial charge in [-0.3, -0.25) is 0 Å². The van der Waals surface area contributed by atoms with Crippen LogP contribution in [0.15, 0.2) is 59.7 Å². The second-order valence-corrected chi connectivity index (χ2v) is 8.63. The molecule has 0 amide bonds. The van der Waals surface area contributed by atoms with Crippen molar-refractivity contribution >= 4 is 40.5 Å². The highest BCUT2D eigenvalue weighted by atomic mass is 35.5. The standard InChI is InChI=1S/C23H17Cl3N2O3/c1-30-15-5-2-12(3-6-15)19-11-20-16-8-13(24)4-7-21(16)31-23(28(20)27-19)17-9-14(25)10-18(26)22(17)29/h2-10,20,23,29H,11H2,1H3/t20-,23+/m0/s1. The van der Waals surface area contributed by atoms with Gasteiger partial charge in [0.25, 0.3) is 0 Å². The number of methoxy groups -OCH3 is 1. The molecular formula is C23H17Cl3N2O3. The van der Waals surface area contributed by atoms with Crippen molar-refractivity contribution in [2.45, 2.75) is 18.7 Å². The van der Waals surface area contributed by atoms with Crippen LogP contribution in [0.5, 0.6) is 17.2 Å². The molecule has 8 heteroatoms. The van der Waals surface area contributed by atoms with Crippen molar-refractivity contribution in [2.75, 3.05) is 7.11 Å². The van der Waals surface area contributed by atoms with E-state index in [0.29, 0.717) is 27.8 Å². The first-order chi connectivity index (χ1) is 14.9. The van der Waals surface area contributed by atoms with Gasteiger partial charge >= 0.3 is 0 Å². The molecule has 31 heavy (non-hydrogen) atoms. The number of halogens is 3. The fourth-order valence-corrected chi connectivity index (χ4v) is 4.69. The maximum Gasteiger partial charge on any atom is 0.217 e. The number of rotatable bonds is 3. The fourth-order valence-electron chi connectivity index (χ4n) is 4.00. The Kier molecular flexibility index (Phi) is 5.13. The lowest BCUT2D eigenvalue weighted by Gasteiger charge is -2.38. The van der Waals surface area contributed by atoms with E-state index < -0.39 is 6.23 Å². The maximum absolute atomic E-state index is 10.6. The number of ether oxygens (including phenoxy) is 2. The number of hydrogen-bond acceptors (Lipinski definition) is 5. The summed E-state index contributed by atoms with van der Waals surface area (Å²) in [6.45, 7) is 0. The van der Waals surface area contributed by atoms with E-state index in [0.717, 1.165) is 22.6 Å². The molecule has 0 saturated carbocycles. The number of phenolic OH excluding ortho intramolecular Hbond substituents is 1. The Bertz CT molecular complexity index is 1200. The number of aromatic hydroxyl groups is 1. The lowest BCUT2D eigenvalue weighted by atomic mass is 9.95. The Hall–Kier alpha value is -2.60. The van der Waals surface area contributed by atoms with Crippen molar-refractivity contribution in [1.82, 2.24) is 5.01 Å². The van der Waals surface area contributed by atoms with E-state index in [4.69, 9.17) is 49.4 Å². The molecule has 0 aromatic heterocycles. The fraction of sp³-hybridized carbons (Fsp3) is 0.174. The maximum atomic E-state index is 10.6. The zero-order valence-corrected chi connectivity index (χ0v) is 18.6. The molecule has 1 N–H and O–H groups in total. The van der Waals surface area contributed by atoms with Crippen molar-refractivity contribution in [3.63, 3.8) is 0 Å². The van der Waals surface area contributed by atoms with Crippen molar-refractivity contribution in [3.05, 3.63) is 86.4 Å². The second-order valence-electron chi connectivity index (χ2n) is 7.35. The summed E-state index contributed by atoms with van der Waals surface area (Å²) in [5.74, 6) is 1.37. The minimum absolute atomic E-state index is 0.0830. The lowest BCUT2D eigenvalue weighted by molar-refractivity contribution is -0.0203. The molecule has 0 aliphatic carbocycles. The normalized spacial score (nSPS) is 19.4. The summed E-state index contributed by atoms with van der Waals surface area (Å²) in [6.07, 6.45) is -0.0557. The molecule has 2 aliphatic heterocycles. The molecule has 158 valence electrons. The number of fused-ring (bicyclic) bond motifs is 3. The lowest BCUT2D eigenvalue weighted by Crippen LogP contribution is -2.33. The van der Waals surface area contributed by atoms with Crippen LogP contribution in [0.3, 0.4) is 0 Å². The van der Waals surface area contributed by atoms with Crippen molar-refractivity contribution in [3.8, 4) is 17.2 Å². The molecule has 0 saturated heterocycles. The monoisotopic (exact) mass is 474 g/mol. The van der Waals surface area contributed by atoms with Gasteiger partial charge in [0.1, 0.15) is 17.2 Å². The van der Waals surface area contributed by atoms with Crippen LogP contribution in [-0.4, -0.2) is 22.9 Å². The summed E-state index contributed by atoms with van der Waals surface area (Å²) >= 11 is 18.7. The molecule has 2 heterocycles. The molecule has 0 unspecified atom stereocenters. The molecule has 2 aliphatic rings. The van der Waals surface area contributed by atoms with Crippen LogP contribution in [0, 0.1) is 0 Å². The smallest absolute Gasteiger partial charge is 0.217 e. The number of phenols is 1. The van der Waals surface area contributed by atoms with Crippen LogP contribution in [0.2, 0.25) is 15.1 Å². The van der Waals surface area contributed by atoms with E-state index in [1.807, 2.05) is 41.4 Å². The number of benzene rings is 3. The Balaban J connectivity index is 1.62. The summed E-state index contributed by atoms with van der Waals surface area (Å²) in [5, 5.41) is 18.5. The zero-order chi connectivity index (χ0) is 21.7. The number of nitrogens with zero attached hydrogens (tertiary/aromatic N) is 2. The molecule has 2 atom stereocenters. The molecule has 3 aromatic carbocycles. The first kappa shape index (κ1) is 20.3. The summed E-state index contributed by atoms with van der Waals surface area (Å²) in [4.78, 5) is 0. The average Bonchev–Trinajstić information content (AvgIpc) is 3.22. The van der Waals surface area contributed by atoms with E-state index >= 15 is 0 Å². The van der Waals surface area contributed by atoms with Crippen LogP contribution in [-0.2, 0) is 0 Å². The average molecular weight is 476 g/mol. The summed E-state index contributed by atoms with van der Waals surface area (Å²) in [6, 6.07) is 16.3. The van der Waals surface area contributed by atoms with Gasteiger partial charge in [0, 0.05) is 22.0 Å². The van der Waals surface area contributed by atoms with Crippen molar-refractivity contribution in [1.29, 1.82) is 0 Å². The van der Waals surface area contributed by atoms with E-state index in [1.54, 1.807) is 19.2 Å². The first-order valence-electron chi connectivity index (χ1n) is 9.59. The number of hydrogen-bond donors (Lipinski definition) is 1. The first-order valence-corrected chi connectivity index (χ1v) is 10.7. The van der Waals surface area contributed by atoms with Crippen LogP contribution >= 0.6 is 34.8 Å². The largest absolute Gasteiger partial charge is 0.506 e. The van der Waals surface area contributed by atoms with Crippen molar-refractivity contribution < 1.29 is 14.6 Å². The molecule has 3 aromatic rings. The van der Waals surface area contributed by atoms with Gasteiger partial charge in [-0.25, -0.2) is 5.01 Å². The molecule has 5 nitrogen and oxygen atoms in total. The zero-order valence-electron chi connectivity index (χ0n) is 16.3. The van der Waals surface area contributed by atoms with E-state index in [2.05, 4.69) is 0 Å². The van der Waals surface area contributed by atoms with Gasteiger partial charge in [0.05, 0.1) is 29.4 Å². The van der Waals surface area contributed by atoms with Gasteiger partial charge in [-0.2, -0.15) is 5.10 Å². The van der Waals surface area contributed by atoms with E-state index in [-0.39, 0.29) is 16.8 Å². The molecule has 0 bridgehead atoms. The Labute approximate surface area is 194 Å². The van der Waals surface area contributed by atoms with Crippen LogP contribution in [0.1, 0.15) is 35.4 Å². The highest BCUT2D eigenvalue weighted by Crippen LogP contribution is 2.50. The van der Waals surface area contributed by atoms with E-state index in [1.165, 1.54) is 6.07 Å². The van der Waals surface area contributed by atoms with Gasteiger partial charge in [0.2, 0.25) is 6.23 Å². The minimum Gasteiger partial charge on any atom is -0.506 e.